The molecule has 1 nitrogen and oxygen atoms in total. The molecule has 0 amide bonds. The summed E-state index contributed by atoms with van der Waals surface area (Å²) in [6.45, 7) is 22.7. The molecule has 0 N–H and O–H groups in total. The van der Waals surface area contributed by atoms with Crippen LogP contribution in [-0.2, 0) is 0 Å². The van der Waals surface area contributed by atoms with Crippen LogP contribution in [0.1, 0.15) is 178 Å². The molecule has 0 heterocycles. The Hall–Kier alpha value is 2.36. The Morgan fingerprint density at radius 1 is 0.250 bits per heavy atom. The summed E-state index contributed by atoms with van der Waals surface area (Å²) in [6.07, 6.45) is 27.0. The van der Waals surface area contributed by atoms with E-state index in [9.17, 15) is 0 Å². The minimum absolute atomic E-state index is 1.44. The van der Waals surface area contributed by atoms with Crippen molar-refractivity contribution in [2.45, 2.75) is 218 Å². The zero-order valence-electron chi connectivity index (χ0n) is 30.0. The Morgan fingerprint density at radius 2 is 0.375 bits per heavy atom. The Labute approximate surface area is 270 Å². The van der Waals surface area contributed by atoms with Crippen LogP contribution in [0.15, 0.2) is 0 Å². The first-order valence-corrected chi connectivity index (χ1v) is 41.2. The van der Waals surface area contributed by atoms with Gasteiger partial charge in [-0.25, -0.2) is 0 Å². The van der Waals surface area contributed by atoms with Crippen LogP contribution >= 0.6 is 0 Å². The van der Waals surface area contributed by atoms with Crippen LogP contribution in [0, 0.1) is 0 Å². The minimum atomic E-state index is -2.61. The van der Waals surface area contributed by atoms with E-state index in [4.69, 9.17) is 0 Å². The van der Waals surface area contributed by atoms with Gasteiger partial charge in [0.05, 0.1) is 0 Å². The summed E-state index contributed by atoms with van der Waals surface area (Å²) < 4.78 is 19.9. The van der Waals surface area contributed by atoms with Gasteiger partial charge in [-0.3, -0.25) is 0 Å². The van der Waals surface area contributed by atoms with E-state index in [0.29, 0.717) is 0 Å². The molecule has 0 saturated carbocycles. The molecule has 0 aliphatic heterocycles. The maximum atomic E-state index is 4.15. The Balaban J connectivity index is 7.80. The molecule has 0 spiro atoms. The summed E-state index contributed by atoms with van der Waals surface area (Å²) in [7, 11) is 0. The van der Waals surface area contributed by atoms with Crippen molar-refractivity contribution in [1.82, 2.24) is -0.435 Å². The molecule has 0 aromatic heterocycles. The summed E-state index contributed by atoms with van der Waals surface area (Å²) in [5, 5.41) is 0. The predicted molar refractivity (Wildman–Crippen MR) is 197 cm³/mol. The van der Waals surface area contributed by atoms with Gasteiger partial charge in [0.1, 0.15) is 0 Å². The summed E-state index contributed by atoms with van der Waals surface area (Å²) in [6, 6.07) is 0. The molecule has 0 bridgehead atoms. The molecule has 4 heteroatoms. The van der Waals surface area contributed by atoms with E-state index in [1.807, 2.05) is 0 Å². The van der Waals surface area contributed by atoms with Crippen molar-refractivity contribution in [3.05, 3.63) is 0 Å². The van der Waals surface area contributed by atoms with E-state index in [1.54, 1.807) is 97.7 Å². The van der Waals surface area contributed by atoms with Crippen LogP contribution in [0.5, 0.6) is 0 Å². The van der Waals surface area contributed by atoms with Crippen LogP contribution in [-0.4, -0.2) is 55.5 Å². The van der Waals surface area contributed by atoms with Gasteiger partial charge in [-0.1, -0.05) is 0 Å². The van der Waals surface area contributed by atoms with Crippen LogP contribution in [0.3, 0.4) is 0 Å². The first-order chi connectivity index (χ1) is 19.4. The average molecular weight is 884 g/mol. The van der Waals surface area contributed by atoms with Gasteiger partial charge in [0.25, 0.3) is 0 Å². The fourth-order valence-corrected chi connectivity index (χ4v) is 151. The molecule has 0 aliphatic rings. The molecule has 0 atom stereocenters. The fourth-order valence-electron chi connectivity index (χ4n) is 8.19. The monoisotopic (exact) mass is 887 g/mol. The van der Waals surface area contributed by atoms with E-state index < -0.39 is 56.0 Å². The van der Waals surface area contributed by atoms with Crippen molar-refractivity contribution in [2.24, 2.45) is 0 Å². The van der Waals surface area contributed by atoms with E-state index in [0.717, 1.165) is 0 Å². The van der Waals surface area contributed by atoms with Crippen LogP contribution in [0.25, 0.3) is 0 Å². The summed E-state index contributed by atoms with van der Waals surface area (Å²) in [5.41, 5.74) is 0. The van der Waals surface area contributed by atoms with Gasteiger partial charge >= 0.3 is 273 Å². The van der Waals surface area contributed by atoms with E-state index in [2.05, 4.69) is 61.9 Å². The molecule has 242 valence electrons. The van der Waals surface area contributed by atoms with E-state index >= 15 is 0 Å². The van der Waals surface area contributed by atoms with Crippen molar-refractivity contribution in [3.8, 4) is 0 Å². The first kappa shape index (κ1) is 42.4. The zero-order chi connectivity index (χ0) is 30.2. The number of nitrogens with zero attached hydrogens (tertiary/aromatic N) is 1. The van der Waals surface area contributed by atoms with Crippen molar-refractivity contribution in [2.75, 3.05) is 0 Å². The quantitative estimate of drug-likeness (QED) is 0.0650. The number of rotatable bonds is 30. The third-order valence-electron chi connectivity index (χ3n) is 10.4. The first-order valence-electron chi connectivity index (χ1n) is 19.2. The molecule has 0 aromatic carbocycles. The molecule has 0 aromatic rings. The Bertz CT molecular complexity index is 411. The molecule has 0 aliphatic carbocycles. The van der Waals surface area contributed by atoms with Crippen molar-refractivity contribution < 1.29 is 0 Å². The summed E-state index contributed by atoms with van der Waals surface area (Å²) >= 11 is -7.83. The van der Waals surface area contributed by atoms with E-state index in [-0.39, 0.29) is 0 Å². The van der Waals surface area contributed by atoms with Gasteiger partial charge in [0, 0.05) is 0 Å². The third kappa shape index (κ3) is 14.6. The normalized spacial score (nSPS) is 13.1. The summed E-state index contributed by atoms with van der Waals surface area (Å²) in [4.78, 5) is 0. The summed E-state index contributed by atoms with van der Waals surface area (Å²) in [5.74, 6) is 0. The van der Waals surface area contributed by atoms with Gasteiger partial charge in [-0.05, 0) is 0 Å². The Morgan fingerprint density at radius 3 is 0.475 bits per heavy atom. The van der Waals surface area contributed by atoms with Crippen LogP contribution in [0.2, 0.25) is 39.9 Å². The second-order valence-corrected chi connectivity index (χ2v) is 62.5. The molecular formula is C36H81NSn3. The number of hydrogen-bond donors (Lipinski definition) is 0. The maximum absolute atomic E-state index is 4.15. The number of hydrogen-bond acceptors (Lipinski definition) is 1. The molecule has 40 heavy (non-hydrogen) atoms. The van der Waals surface area contributed by atoms with Gasteiger partial charge in [0.2, 0.25) is 0 Å². The fraction of sp³-hybridized carbons (Fsp3) is 1.00. The van der Waals surface area contributed by atoms with Crippen molar-refractivity contribution in [3.63, 3.8) is 0 Å². The molecule has 0 radical (unpaired) electrons. The second kappa shape index (κ2) is 26.6. The average Bonchev–Trinajstić information content (AvgIpc) is 2.98. The van der Waals surface area contributed by atoms with E-state index in [1.165, 1.54) is 57.8 Å². The third-order valence-corrected chi connectivity index (χ3v) is 106. The Kier molecular flexibility index (Phi) is 28.1. The van der Waals surface area contributed by atoms with Crippen molar-refractivity contribution >= 4 is 56.0 Å². The van der Waals surface area contributed by atoms with Crippen molar-refractivity contribution in [1.29, 1.82) is 0 Å². The molecule has 0 unspecified atom stereocenters. The standard InChI is InChI=1S/9C4H9.N.3Sn/c9*1-3-4-2;;;;/h9*1,3-4H2,2H3;;;;. The second-order valence-electron chi connectivity index (χ2n) is 13.9. The van der Waals surface area contributed by atoms with Gasteiger partial charge in [0.15, 0.2) is 0 Å². The predicted octanol–water partition coefficient (Wildman–Crippen LogP) is 14.3. The SMILES string of the molecule is CCC[CH2][Sn]([CH2]CCC)([CH2]CCC)[N]([Sn]([CH2]CCC)([CH2]CCC)[CH2]CCC)[Sn]([CH2]CCC)([CH2]CCC)[CH2]CCC. The molecule has 0 fully saturated rings. The van der Waals surface area contributed by atoms with Gasteiger partial charge in [-0.2, -0.15) is 0 Å². The molecule has 0 rings (SSSR count). The number of unbranched alkanes of at least 4 members (excludes halogenated alkanes) is 9. The molecule has 0 saturated heterocycles. The van der Waals surface area contributed by atoms with Gasteiger partial charge < -0.3 is 0 Å². The zero-order valence-corrected chi connectivity index (χ0v) is 38.6. The van der Waals surface area contributed by atoms with Gasteiger partial charge in [-0.15, -0.1) is 0 Å². The van der Waals surface area contributed by atoms with Crippen LogP contribution in [0.4, 0.5) is 0 Å². The molecular weight excluding hydrogens is 803 g/mol. The topological polar surface area (TPSA) is 3.24 Å². The van der Waals surface area contributed by atoms with Crippen LogP contribution < -0.4 is 0 Å².